The summed E-state index contributed by atoms with van der Waals surface area (Å²) >= 11 is 0. The maximum Gasteiger partial charge on any atom is 0.342 e. The zero-order chi connectivity index (χ0) is 11.5. The fourth-order valence-corrected chi connectivity index (χ4v) is 1.02. The zero-order valence-electron chi connectivity index (χ0n) is 8.32. The van der Waals surface area contributed by atoms with E-state index in [1.54, 1.807) is 0 Å². The van der Waals surface area contributed by atoms with Gasteiger partial charge in [0.2, 0.25) is 0 Å². The molecule has 8 heteroatoms. The summed E-state index contributed by atoms with van der Waals surface area (Å²) in [5, 5.41) is 9.61. The topological polar surface area (TPSA) is 64.8 Å². The van der Waals surface area contributed by atoms with Gasteiger partial charge in [0.05, 0.1) is 0 Å². The molecule has 0 aromatic heterocycles. The summed E-state index contributed by atoms with van der Waals surface area (Å²) in [4.78, 5) is 12.9. The summed E-state index contributed by atoms with van der Waals surface area (Å²) in [5.74, 6) is -3.33. The Bertz CT molecular complexity index is 312. The molecule has 0 spiro atoms. The van der Waals surface area contributed by atoms with E-state index in [0.29, 0.717) is 0 Å². The van der Waals surface area contributed by atoms with E-state index in [1.165, 1.54) is 7.11 Å². The van der Waals surface area contributed by atoms with E-state index >= 15 is 0 Å². The Labute approximate surface area is 84.1 Å². The number of hydrogen-bond acceptors (Lipinski definition) is 6. The molecule has 0 aromatic carbocycles. The second kappa shape index (κ2) is 4.20. The summed E-state index contributed by atoms with van der Waals surface area (Å²) in [7, 11) is 3.52. The van der Waals surface area contributed by atoms with Gasteiger partial charge in [0.25, 0.3) is 0 Å². The molecule has 0 radical (unpaired) electrons. The van der Waals surface area contributed by atoms with E-state index in [4.69, 9.17) is 0 Å². The van der Waals surface area contributed by atoms with Crippen molar-refractivity contribution in [3.8, 4) is 0 Å². The lowest BCUT2D eigenvalue weighted by molar-refractivity contribution is 0.127. The summed E-state index contributed by atoms with van der Waals surface area (Å²) in [6.45, 7) is 0. The minimum absolute atomic E-state index is 0.189. The molecular formula is C7H9F2N3O3. The van der Waals surface area contributed by atoms with Crippen LogP contribution in [0.2, 0.25) is 0 Å². The molecule has 0 amide bonds. The Kier molecular flexibility index (Phi) is 3.17. The van der Waals surface area contributed by atoms with Crippen LogP contribution in [-0.4, -0.2) is 44.4 Å². The van der Waals surface area contributed by atoms with Crippen LogP contribution in [0.5, 0.6) is 0 Å². The van der Waals surface area contributed by atoms with Crippen LogP contribution in [0.15, 0.2) is 15.5 Å². The van der Waals surface area contributed by atoms with Crippen LogP contribution in [0.1, 0.15) is 0 Å². The number of halogens is 2. The van der Waals surface area contributed by atoms with Crippen LogP contribution < -0.4 is 0 Å². The number of nitrogens with zero attached hydrogens (tertiary/aromatic N) is 3. The van der Waals surface area contributed by atoms with Crippen molar-refractivity contribution in [3.05, 3.63) is 0 Å². The molecule has 1 saturated carbocycles. The molecule has 1 aliphatic carbocycles. The highest BCUT2D eigenvalue weighted by molar-refractivity contribution is 6.83. The average Bonchev–Trinajstić information content (AvgIpc) is 2.21. The molecular weight excluding hydrogens is 212 g/mol. The van der Waals surface area contributed by atoms with Crippen LogP contribution in [0.3, 0.4) is 0 Å². The van der Waals surface area contributed by atoms with Crippen molar-refractivity contribution in [2.45, 2.75) is 5.92 Å². The van der Waals surface area contributed by atoms with E-state index < -0.39 is 17.3 Å². The summed E-state index contributed by atoms with van der Waals surface area (Å²) in [6.07, 6.45) is 0. The third-order valence-electron chi connectivity index (χ3n) is 1.59. The molecule has 0 N–H and O–H groups in total. The van der Waals surface area contributed by atoms with Crippen molar-refractivity contribution in [1.82, 2.24) is 0 Å². The van der Waals surface area contributed by atoms with Crippen LogP contribution in [0.25, 0.3) is 0 Å². The Hall–Kier alpha value is -1.73. The van der Waals surface area contributed by atoms with Gasteiger partial charge in [0.1, 0.15) is 21.3 Å². The summed E-state index contributed by atoms with van der Waals surface area (Å²) in [6, 6.07) is 0. The highest BCUT2D eigenvalue weighted by atomic mass is 19.3. The molecule has 1 rings (SSSR count). The lowest BCUT2D eigenvalue weighted by Crippen LogP contribution is -2.60. The van der Waals surface area contributed by atoms with Gasteiger partial charge in [-0.3, -0.25) is 0 Å². The molecule has 0 heterocycles. The quantitative estimate of drug-likeness (QED) is 0.657. The highest BCUT2D eigenvalue weighted by Crippen LogP contribution is 2.31. The lowest BCUT2D eigenvalue weighted by atomic mass is 9.86. The molecule has 1 fully saturated rings. The minimum atomic E-state index is -3.33. The molecule has 0 atom stereocenters. The second-order valence-corrected chi connectivity index (χ2v) is 2.44. The molecule has 15 heavy (non-hydrogen) atoms. The first-order valence-corrected chi connectivity index (χ1v) is 3.82. The molecule has 0 aromatic rings. The zero-order valence-corrected chi connectivity index (χ0v) is 8.32. The van der Waals surface area contributed by atoms with Gasteiger partial charge in [0, 0.05) is 0 Å². The van der Waals surface area contributed by atoms with E-state index in [1.807, 2.05) is 0 Å². The van der Waals surface area contributed by atoms with Gasteiger partial charge in [-0.15, -0.1) is 0 Å². The standard InChI is InChI=1S/C7H9F2N3O3/c1-13-10-4-5(11-14-2)7(8,9)6(4)12-15-3/h1-3H3. The SMILES string of the molecule is CON=C1C(=NOC)C(F)(F)C1=NOC. The normalized spacial score (nSPS) is 23.7. The van der Waals surface area contributed by atoms with Gasteiger partial charge in [-0.05, 0) is 0 Å². The van der Waals surface area contributed by atoms with E-state index in [2.05, 4.69) is 30.0 Å². The second-order valence-electron chi connectivity index (χ2n) is 2.44. The molecule has 0 aliphatic heterocycles. The van der Waals surface area contributed by atoms with E-state index in [9.17, 15) is 8.78 Å². The Balaban J connectivity index is 3.08. The van der Waals surface area contributed by atoms with Crippen molar-refractivity contribution in [1.29, 1.82) is 0 Å². The average molecular weight is 221 g/mol. The number of oxime groups is 3. The van der Waals surface area contributed by atoms with Crippen molar-refractivity contribution in [3.63, 3.8) is 0 Å². The molecule has 1 aliphatic rings. The first-order chi connectivity index (χ1) is 7.09. The first kappa shape index (κ1) is 11.3. The smallest absolute Gasteiger partial charge is 0.342 e. The molecule has 0 bridgehead atoms. The van der Waals surface area contributed by atoms with Crippen LogP contribution in [0.4, 0.5) is 8.78 Å². The maximum atomic E-state index is 13.3. The summed E-state index contributed by atoms with van der Waals surface area (Å²) in [5.41, 5.74) is -1.46. The van der Waals surface area contributed by atoms with Crippen LogP contribution in [-0.2, 0) is 14.5 Å². The third-order valence-corrected chi connectivity index (χ3v) is 1.59. The van der Waals surface area contributed by atoms with Crippen LogP contribution >= 0.6 is 0 Å². The van der Waals surface area contributed by atoms with E-state index in [0.717, 1.165) is 14.2 Å². The number of alkyl halides is 2. The van der Waals surface area contributed by atoms with Gasteiger partial charge in [-0.25, -0.2) is 0 Å². The largest absolute Gasteiger partial charge is 0.399 e. The molecule has 6 nitrogen and oxygen atoms in total. The van der Waals surface area contributed by atoms with Crippen molar-refractivity contribution < 1.29 is 23.3 Å². The minimum Gasteiger partial charge on any atom is -0.399 e. The fourth-order valence-electron chi connectivity index (χ4n) is 1.02. The summed E-state index contributed by atoms with van der Waals surface area (Å²) < 4.78 is 26.5. The van der Waals surface area contributed by atoms with Gasteiger partial charge < -0.3 is 14.5 Å². The maximum absolute atomic E-state index is 13.3. The predicted molar refractivity (Wildman–Crippen MR) is 48.3 cm³/mol. The Morgan fingerprint density at radius 2 is 1.27 bits per heavy atom. The van der Waals surface area contributed by atoms with Gasteiger partial charge >= 0.3 is 5.92 Å². The third kappa shape index (κ3) is 1.74. The van der Waals surface area contributed by atoms with Crippen molar-refractivity contribution >= 4 is 17.1 Å². The van der Waals surface area contributed by atoms with Gasteiger partial charge in [0.15, 0.2) is 17.1 Å². The lowest BCUT2D eigenvalue weighted by Gasteiger charge is -2.28. The predicted octanol–water partition coefficient (Wildman–Crippen LogP) is 0.643. The fraction of sp³-hybridized carbons (Fsp3) is 0.571. The number of rotatable bonds is 3. The Morgan fingerprint density at radius 3 is 1.60 bits per heavy atom. The van der Waals surface area contributed by atoms with E-state index in [-0.39, 0.29) is 5.71 Å². The molecule has 84 valence electrons. The molecule has 0 saturated heterocycles. The highest BCUT2D eigenvalue weighted by Gasteiger charge is 2.61. The van der Waals surface area contributed by atoms with Crippen molar-refractivity contribution in [2.24, 2.45) is 15.5 Å². The first-order valence-electron chi connectivity index (χ1n) is 3.82. The molecule has 0 unspecified atom stereocenters. The van der Waals surface area contributed by atoms with Gasteiger partial charge in [-0.2, -0.15) is 8.78 Å². The number of hydrogen-bond donors (Lipinski definition) is 0. The van der Waals surface area contributed by atoms with Gasteiger partial charge in [-0.1, -0.05) is 15.5 Å². The monoisotopic (exact) mass is 221 g/mol. The van der Waals surface area contributed by atoms with Crippen molar-refractivity contribution in [2.75, 3.05) is 21.3 Å². The van der Waals surface area contributed by atoms with Crippen LogP contribution in [0, 0.1) is 0 Å². The Morgan fingerprint density at radius 1 is 0.867 bits per heavy atom.